The maximum absolute atomic E-state index is 9.25. The Morgan fingerprint density at radius 3 is 1.94 bits per heavy atom. The van der Waals surface area contributed by atoms with Crippen LogP contribution < -0.4 is 4.74 Å². The lowest BCUT2D eigenvalue weighted by molar-refractivity contribution is 0.0600. The Labute approximate surface area is 108 Å². The van der Waals surface area contributed by atoms with Crippen LogP contribution in [0.25, 0.3) is 0 Å². The largest absolute Gasteiger partial charge is 0.488 e. The van der Waals surface area contributed by atoms with Gasteiger partial charge in [0.05, 0.1) is 6.10 Å². The quantitative estimate of drug-likeness (QED) is 0.849. The molecular formula is C15H30O2. The van der Waals surface area contributed by atoms with E-state index in [1.165, 1.54) is 0 Å². The van der Waals surface area contributed by atoms with Crippen molar-refractivity contribution in [3.8, 4) is 5.75 Å². The second-order valence-corrected chi connectivity index (χ2v) is 3.33. The molecule has 2 heteroatoms. The van der Waals surface area contributed by atoms with Gasteiger partial charge in [-0.1, -0.05) is 46.9 Å². The zero-order valence-electron chi connectivity index (χ0n) is 10.3. The molecule has 0 spiro atoms. The van der Waals surface area contributed by atoms with Crippen molar-refractivity contribution in [2.45, 2.75) is 61.7 Å². The first kappa shape index (κ1) is 21.3. The van der Waals surface area contributed by atoms with Crippen LogP contribution in [-0.4, -0.2) is 17.3 Å². The summed E-state index contributed by atoms with van der Waals surface area (Å²) in [6.07, 6.45) is -0.610. The second kappa shape index (κ2) is 11.5. The number of ether oxygens (including phenoxy) is 1. The Bertz CT molecular complexity index is 269. The minimum Gasteiger partial charge on any atom is -0.488 e. The predicted molar refractivity (Wildman–Crippen MR) is 77.8 cm³/mol. The number of benzene rings is 1. The molecule has 2 atom stereocenters. The van der Waals surface area contributed by atoms with Crippen LogP contribution in [0.3, 0.4) is 0 Å². The molecule has 0 fully saturated rings. The summed E-state index contributed by atoms with van der Waals surface area (Å²) in [4.78, 5) is 0. The van der Waals surface area contributed by atoms with Crippen molar-refractivity contribution in [1.82, 2.24) is 0 Å². The van der Waals surface area contributed by atoms with Gasteiger partial charge >= 0.3 is 0 Å². The molecule has 1 rings (SSSR count). The van der Waals surface area contributed by atoms with Gasteiger partial charge in [0, 0.05) is 0 Å². The zero-order valence-corrected chi connectivity index (χ0v) is 10.3. The van der Waals surface area contributed by atoms with Gasteiger partial charge in [-0.2, -0.15) is 0 Å². The average molecular weight is 242 g/mol. The zero-order chi connectivity index (χ0) is 11.8. The highest BCUT2D eigenvalue weighted by Crippen LogP contribution is 2.18. The molecule has 0 aromatic heterocycles. The molecule has 17 heavy (non-hydrogen) atoms. The first-order valence-electron chi connectivity index (χ1n) is 5.51. The fourth-order valence-corrected chi connectivity index (χ4v) is 0.987. The van der Waals surface area contributed by atoms with E-state index in [1.54, 1.807) is 6.92 Å². The molecule has 0 amide bonds. The number of aliphatic hydroxyl groups excluding tert-OH is 1. The maximum Gasteiger partial charge on any atom is 0.122 e. The van der Waals surface area contributed by atoms with Gasteiger partial charge in [-0.25, -0.2) is 0 Å². The summed E-state index contributed by atoms with van der Waals surface area (Å²) in [6.45, 7) is 9.57. The second-order valence-electron chi connectivity index (χ2n) is 3.33. The van der Waals surface area contributed by atoms with E-state index in [1.807, 2.05) is 52.0 Å². The molecule has 1 aromatic carbocycles. The molecule has 0 aliphatic rings. The highest BCUT2D eigenvalue weighted by atomic mass is 16.5. The van der Waals surface area contributed by atoms with Gasteiger partial charge in [-0.05, 0) is 32.4 Å². The molecule has 102 valence electrons. The molecular weight excluding hydrogens is 212 g/mol. The average Bonchev–Trinajstić information content (AvgIpc) is 2.24. The van der Waals surface area contributed by atoms with Crippen LogP contribution in [-0.2, 0) is 0 Å². The maximum atomic E-state index is 9.25. The van der Waals surface area contributed by atoms with Crippen LogP contribution in [0.2, 0.25) is 0 Å². The number of hydrogen-bond donors (Lipinski definition) is 1. The minimum atomic E-state index is -0.445. The number of rotatable bonds is 3. The molecule has 1 aromatic rings. The molecule has 0 heterocycles. The molecule has 0 aliphatic heterocycles. The van der Waals surface area contributed by atoms with Gasteiger partial charge in [-0.3, -0.25) is 0 Å². The lowest BCUT2D eigenvalue weighted by atomic mass is 10.2. The predicted octanol–water partition coefficient (Wildman–Crippen LogP) is 4.44. The monoisotopic (exact) mass is 242 g/mol. The molecule has 1 N–H and O–H groups in total. The lowest BCUT2D eigenvalue weighted by Gasteiger charge is -2.18. The highest BCUT2D eigenvalue weighted by Gasteiger charge is 2.10. The van der Waals surface area contributed by atoms with Gasteiger partial charge in [0.2, 0.25) is 0 Å². The summed E-state index contributed by atoms with van der Waals surface area (Å²) in [7, 11) is 0. The van der Waals surface area contributed by atoms with Gasteiger partial charge in [0.15, 0.2) is 0 Å². The normalized spacial score (nSPS) is 11.9. The van der Waals surface area contributed by atoms with Gasteiger partial charge < -0.3 is 9.84 Å². The van der Waals surface area contributed by atoms with E-state index in [-0.39, 0.29) is 21.0 Å². The van der Waals surface area contributed by atoms with Crippen LogP contribution in [0.1, 0.15) is 48.1 Å². The molecule has 0 radical (unpaired) electrons. The molecule has 2 unspecified atom stereocenters. The van der Waals surface area contributed by atoms with Crippen LogP contribution in [0.15, 0.2) is 24.3 Å². The molecule has 0 saturated heterocycles. The summed E-state index contributed by atoms with van der Waals surface area (Å²) in [6, 6.07) is 7.80. The summed E-state index contributed by atoms with van der Waals surface area (Å²) in [5, 5.41) is 9.25. The van der Waals surface area contributed by atoms with Crippen molar-refractivity contribution in [3.63, 3.8) is 0 Å². The van der Waals surface area contributed by atoms with E-state index in [2.05, 4.69) is 0 Å². The summed E-state index contributed by atoms with van der Waals surface area (Å²) >= 11 is 0. The van der Waals surface area contributed by atoms with Gasteiger partial charge in [0.25, 0.3) is 0 Å². The summed E-state index contributed by atoms with van der Waals surface area (Å²) in [5.41, 5.74) is 1.09. The fourth-order valence-electron chi connectivity index (χ4n) is 0.987. The highest BCUT2D eigenvalue weighted by molar-refractivity contribution is 5.31. The SMILES string of the molecule is C.C.CC.Cc1ccccc1OC(C)C(C)O. The van der Waals surface area contributed by atoms with E-state index in [0.717, 1.165) is 11.3 Å². The first-order valence-corrected chi connectivity index (χ1v) is 5.51. The number of aliphatic hydroxyl groups is 1. The van der Waals surface area contributed by atoms with Gasteiger partial charge in [0.1, 0.15) is 11.9 Å². The molecule has 2 nitrogen and oxygen atoms in total. The van der Waals surface area contributed by atoms with E-state index < -0.39 is 6.10 Å². The van der Waals surface area contributed by atoms with Crippen molar-refractivity contribution in [2.24, 2.45) is 0 Å². The van der Waals surface area contributed by atoms with E-state index in [0.29, 0.717) is 0 Å². The molecule has 0 bridgehead atoms. The smallest absolute Gasteiger partial charge is 0.122 e. The third kappa shape index (κ3) is 7.81. The molecule has 0 saturated carbocycles. The van der Waals surface area contributed by atoms with Crippen molar-refractivity contribution in [2.75, 3.05) is 0 Å². The van der Waals surface area contributed by atoms with Crippen LogP contribution in [0.4, 0.5) is 0 Å². The van der Waals surface area contributed by atoms with Crippen molar-refractivity contribution < 1.29 is 9.84 Å². The first-order chi connectivity index (χ1) is 7.11. The van der Waals surface area contributed by atoms with Crippen molar-refractivity contribution in [1.29, 1.82) is 0 Å². The Kier molecular flexibility index (Phi) is 14.4. The Hall–Kier alpha value is -1.02. The standard InChI is InChI=1S/C11H16O2.C2H6.2CH4/c1-8-6-4-5-7-11(8)13-10(3)9(2)12;1-2;;/h4-7,9-10,12H,1-3H3;1-2H3;2*1H4. The van der Waals surface area contributed by atoms with Crippen molar-refractivity contribution >= 4 is 0 Å². The van der Waals surface area contributed by atoms with Gasteiger partial charge in [-0.15, -0.1) is 0 Å². The minimum absolute atomic E-state index is 0. The van der Waals surface area contributed by atoms with Crippen LogP contribution >= 0.6 is 0 Å². The van der Waals surface area contributed by atoms with Crippen LogP contribution in [0, 0.1) is 6.92 Å². The third-order valence-corrected chi connectivity index (χ3v) is 2.09. The fraction of sp³-hybridized carbons (Fsp3) is 0.600. The Morgan fingerprint density at radius 1 is 1.06 bits per heavy atom. The Balaban J connectivity index is -0.000000464. The summed E-state index contributed by atoms with van der Waals surface area (Å²) in [5.74, 6) is 0.843. The topological polar surface area (TPSA) is 29.5 Å². The van der Waals surface area contributed by atoms with E-state index >= 15 is 0 Å². The van der Waals surface area contributed by atoms with Crippen molar-refractivity contribution in [3.05, 3.63) is 29.8 Å². The Morgan fingerprint density at radius 2 is 1.53 bits per heavy atom. The molecule has 0 aliphatic carbocycles. The number of para-hydroxylation sites is 1. The van der Waals surface area contributed by atoms with Crippen LogP contribution in [0.5, 0.6) is 5.75 Å². The van der Waals surface area contributed by atoms with E-state index in [9.17, 15) is 5.11 Å². The summed E-state index contributed by atoms with van der Waals surface area (Å²) < 4.78 is 5.56. The lowest BCUT2D eigenvalue weighted by Crippen LogP contribution is -2.25. The third-order valence-electron chi connectivity index (χ3n) is 2.09. The van der Waals surface area contributed by atoms with E-state index in [4.69, 9.17) is 4.74 Å². The number of hydrogen-bond acceptors (Lipinski definition) is 2. The number of aryl methyl sites for hydroxylation is 1.